The lowest BCUT2D eigenvalue weighted by molar-refractivity contribution is -0.137. The van der Waals surface area contributed by atoms with E-state index in [2.05, 4.69) is 21.5 Å². The van der Waals surface area contributed by atoms with Crippen LogP contribution < -0.4 is 0 Å². The lowest BCUT2D eigenvalue weighted by Gasteiger charge is -2.46. The molecule has 1 aliphatic carbocycles. The van der Waals surface area contributed by atoms with Gasteiger partial charge in [0.05, 0.1) is 17.7 Å². The summed E-state index contributed by atoms with van der Waals surface area (Å²) in [5.41, 5.74) is 2.72. The topological polar surface area (TPSA) is 66.9 Å². The number of alkyl halides is 3. The van der Waals surface area contributed by atoms with Crippen LogP contribution >= 0.6 is 11.8 Å². The summed E-state index contributed by atoms with van der Waals surface area (Å²) in [6, 6.07) is 4.16. The van der Waals surface area contributed by atoms with Crippen LogP contribution in [0.25, 0.3) is 10.9 Å². The number of methoxy groups -OCH3 is 1. The van der Waals surface area contributed by atoms with E-state index in [0.29, 0.717) is 18.3 Å². The van der Waals surface area contributed by atoms with Gasteiger partial charge < -0.3 is 19.4 Å². The lowest BCUT2D eigenvalue weighted by atomic mass is 9.68. The van der Waals surface area contributed by atoms with Gasteiger partial charge in [-0.1, -0.05) is 6.92 Å². The van der Waals surface area contributed by atoms with Gasteiger partial charge in [0, 0.05) is 54.1 Å². The van der Waals surface area contributed by atoms with Crippen LogP contribution in [0.15, 0.2) is 23.2 Å². The molecule has 2 fully saturated rings. The molecule has 4 heterocycles. The third kappa shape index (κ3) is 5.88. The Bertz CT molecular complexity index is 1190. The number of aromatic nitrogens is 1. The summed E-state index contributed by atoms with van der Waals surface area (Å²) in [6.45, 7) is 8.40. The number of aliphatic imine (C=N–C) groups is 1. The highest BCUT2D eigenvalue weighted by molar-refractivity contribution is 8.14. The van der Waals surface area contributed by atoms with Crippen molar-refractivity contribution in [3.8, 4) is 0 Å². The van der Waals surface area contributed by atoms with Gasteiger partial charge in [0.1, 0.15) is 0 Å². The number of benzene rings is 1. The largest absolute Gasteiger partial charge is 0.471 e. The van der Waals surface area contributed by atoms with Gasteiger partial charge in [0.2, 0.25) is 0 Å². The monoisotopic (exact) mass is 565 g/mol. The van der Waals surface area contributed by atoms with Gasteiger partial charge in [-0.25, -0.2) is 0 Å². The number of likely N-dealkylation sites (tertiary alicyclic amines) is 1. The third-order valence-electron chi connectivity index (χ3n) is 9.19. The van der Waals surface area contributed by atoms with E-state index in [4.69, 9.17) is 14.5 Å². The van der Waals surface area contributed by atoms with E-state index in [1.807, 2.05) is 11.8 Å². The Morgan fingerprint density at radius 1 is 1.31 bits per heavy atom. The quantitative estimate of drug-likeness (QED) is 0.457. The number of thioether (sulfide) groups is 1. The maximum absolute atomic E-state index is 13.4. The summed E-state index contributed by atoms with van der Waals surface area (Å²) in [4.78, 5) is 19.9. The van der Waals surface area contributed by atoms with Crippen molar-refractivity contribution in [2.75, 3.05) is 52.3 Å². The Hall–Kier alpha value is -2.04. The average molecular weight is 566 g/mol. The molecule has 2 unspecified atom stereocenters. The molecule has 1 N–H and O–H groups in total. The molecule has 6 nitrogen and oxygen atoms in total. The summed E-state index contributed by atoms with van der Waals surface area (Å²) >= 11 is 1.94. The highest BCUT2D eigenvalue weighted by Crippen LogP contribution is 2.48. The SMILES string of the molecule is COC=O.C[C@H]1c2c([nH]c3ccc(C(F)(F)F)cc23)CC2CCN(CCC3(C4=NCCS4)CCOCC3)CC21. The first-order valence-electron chi connectivity index (χ1n) is 13.9. The number of hydrogen-bond donors (Lipinski definition) is 1. The molecule has 1 aromatic heterocycles. The number of ether oxygens (including phenoxy) is 2. The third-order valence-corrected chi connectivity index (χ3v) is 10.4. The number of nitrogens with zero attached hydrogens (tertiary/aromatic N) is 2. The Kier molecular flexibility index (Phi) is 8.64. The summed E-state index contributed by atoms with van der Waals surface area (Å²) in [6.07, 6.45) is 1.04. The fraction of sp³-hybridized carbons (Fsp3) is 0.655. The molecule has 39 heavy (non-hydrogen) atoms. The van der Waals surface area contributed by atoms with Crippen LogP contribution in [0, 0.1) is 17.3 Å². The van der Waals surface area contributed by atoms with Crippen LogP contribution in [0.3, 0.4) is 0 Å². The number of piperidine rings is 1. The van der Waals surface area contributed by atoms with Gasteiger partial charge in [0.25, 0.3) is 6.47 Å². The number of H-pyrrole nitrogens is 1. The first-order chi connectivity index (χ1) is 18.8. The van der Waals surface area contributed by atoms with E-state index < -0.39 is 11.7 Å². The van der Waals surface area contributed by atoms with Crippen LogP contribution in [0.4, 0.5) is 13.2 Å². The standard InChI is InChI=1S/C27H34F3N3OS.C2H4O2/c1-17-21-16-33(10-5-26(6-11-34-12-7-26)25-31-8-13-35-25)9-4-18(21)14-23-24(17)20-15-19(27(28,29)30)2-3-22(20)32-23;1-4-2-3/h2-3,15,17-18,21,32H,4-14,16H2,1H3;2H,1H3/t17-,18?,21?;/m1./s1. The molecule has 0 saturated carbocycles. The smallest absolute Gasteiger partial charge is 0.416 e. The van der Waals surface area contributed by atoms with Crippen LogP contribution in [-0.4, -0.2) is 73.7 Å². The molecule has 6 rings (SSSR count). The van der Waals surface area contributed by atoms with Crippen LogP contribution in [-0.2, 0) is 26.9 Å². The Morgan fingerprint density at radius 3 is 2.74 bits per heavy atom. The summed E-state index contributed by atoms with van der Waals surface area (Å²) in [7, 11) is 1.31. The average Bonchev–Trinajstić information content (AvgIpc) is 3.61. The van der Waals surface area contributed by atoms with Crippen molar-refractivity contribution < 1.29 is 27.4 Å². The Labute approximate surface area is 232 Å². The molecule has 2 saturated heterocycles. The molecular weight excluding hydrogens is 527 g/mol. The van der Waals surface area contributed by atoms with Crippen molar-refractivity contribution in [3.63, 3.8) is 0 Å². The summed E-state index contributed by atoms with van der Waals surface area (Å²) in [5.74, 6) is 2.42. The predicted molar refractivity (Wildman–Crippen MR) is 148 cm³/mol. The van der Waals surface area contributed by atoms with E-state index in [0.717, 1.165) is 99.4 Å². The fourth-order valence-corrected chi connectivity index (χ4v) is 8.26. The second kappa shape index (κ2) is 11.8. The molecule has 2 aromatic rings. The summed E-state index contributed by atoms with van der Waals surface area (Å²) in [5, 5.41) is 2.11. The van der Waals surface area contributed by atoms with Crippen LogP contribution in [0.1, 0.15) is 55.3 Å². The molecule has 214 valence electrons. The number of fused-ring (bicyclic) bond motifs is 4. The molecule has 1 aromatic carbocycles. The number of carbonyl (C=O) groups is 1. The van der Waals surface area contributed by atoms with E-state index in [-0.39, 0.29) is 11.3 Å². The molecule has 3 atom stereocenters. The van der Waals surface area contributed by atoms with Crippen molar-refractivity contribution in [1.82, 2.24) is 9.88 Å². The van der Waals surface area contributed by atoms with E-state index >= 15 is 0 Å². The van der Waals surface area contributed by atoms with Crippen LogP contribution in [0.2, 0.25) is 0 Å². The van der Waals surface area contributed by atoms with Crippen molar-refractivity contribution in [2.24, 2.45) is 22.2 Å². The second-order valence-electron chi connectivity index (χ2n) is 11.3. The fourth-order valence-electron chi connectivity index (χ4n) is 7.09. The van der Waals surface area contributed by atoms with Gasteiger partial charge in [-0.15, -0.1) is 11.8 Å². The molecule has 0 amide bonds. The Morgan fingerprint density at radius 2 is 2.08 bits per heavy atom. The minimum absolute atomic E-state index is 0.173. The normalized spacial score (nSPS) is 26.7. The van der Waals surface area contributed by atoms with Crippen molar-refractivity contribution in [3.05, 3.63) is 35.0 Å². The number of hydrogen-bond acceptors (Lipinski definition) is 6. The van der Waals surface area contributed by atoms with Crippen molar-refractivity contribution in [2.45, 2.75) is 51.1 Å². The number of carbonyl (C=O) groups excluding carboxylic acids is 1. The predicted octanol–water partition coefficient (Wildman–Crippen LogP) is 5.91. The Balaban J connectivity index is 0.000000723. The molecule has 10 heteroatoms. The van der Waals surface area contributed by atoms with Crippen molar-refractivity contribution >= 4 is 34.2 Å². The van der Waals surface area contributed by atoms with Crippen LogP contribution in [0.5, 0.6) is 0 Å². The van der Waals surface area contributed by atoms with Gasteiger partial charge in [-0.3, -0.25) is 9.79 Å². The maximum atomic E-state index is 13.4. The molecule has 0 bridgehead atoms. The van der Waals surface area contributed by atoms with Gasteiger partial charge in [-0.05, 0) is 86.7 Å². The van der Waals surface area contributed by atoms with Gasteiger partial charge in [0.15, 0.2) is 0 Å². The maximum Gasteiger partial charge on any atom is 0.416 e. The zero-order valence-electron chi connectivity index (χ0n) is 22.7. The zero-order chi connectivity index (χ0) is 27.6. The number of nitrogens with one attached hydrogen (secondary N) is 1. The minimum atomic E-state index is -4.32. The molecule has 0 spiro atoms. The molecule has 3 aliphatic heterocycles. The highest BCUT2D eigenvalue weighted by atomic mass is 32.2. The summed E-state index contributed by atoms with van der Waals surface area (Å²) < 4.78 is 49.8. The van der Waals surface area contributed by atoms with Gasteiger partial charge in [-0.2, -0.15) is 13.2 Å². The number of halogens is 3. The van der Waals surface area contributed by atoms with E-state index in [1.54, 1.807) is 6.07 Å². The first-order valence-corrected chi connectivity index (χ1v) is 14.9. The zero-order valence-corrected chi connectivity index (χ0v) is 23.5. The minimum Gasteiger partial charge on any atom is -0.471 e. The van der Waals surface area contributed by atoms with E-state index in [1.165, 1.54) is 24.3 Å². The number of rotatable bonds is 5. The number of aromatic amines is 1. The molecular formula is C29H38F3N3O3S. The van der Waals surface area contributed by atoms with Crippen molar-refractivity contribution in [1.29, 1.82) is 0 Å². The second-order valence-corrected chi connectivity index (χ2v) is 12.4. The molecule has 0 radical (unpaired) electrons. The first kappa shape index (κ1) is 28.5. The lowest BCUT2D eigenvalue weighted by Crippen LogP contribution is -2.47. The van der Waals surface area contributed by atoms with Gasteiger partial charge >= 0.3 is 6.18 Å². The molecule has 4 aliphatic rings. The highest BCUT2D eigenvalue weighted by Gasteiger charge is 2.43. The van der Waals surface area contributed by atoms with E-state index in [9.17, 15) is 13.2 Å².